The fourth-order valence-corrected chi connectivity index (χ4v) is 3.50. The van der Waals surface area contributed by atoms with Crippen molar-refractivity contribution in [3.63, 3.8) is 0 Å². The van der Waals surface area contributed by atoms with E-state index in [9.17, 15) is 0 Å². The number of nitrogens with two attached hydrogens (primary N) is 1. The molecule has 0 heterocycles. The van der Waals surface area contributed by atoms with Gasteiger partial charge in [0.25, 0.3) is 0 Å². The van der Waals surface area contributed by atoms with Gasteiger partial charge in [-0.2, -0.15) is 0 Å². The molecule has 0 aliphatic carbocycles. The van der Waals surface area contributed by atoms with Crippen LogP contribution in [0.4, 0.5) is 0 Å². The Bertz CT molecular complexity index is 263. The minimum Gasteiger partial charge on any atom is -0.390 e. The van der Waals surface area contributed by atoms with Gasteiger partial charge in [0.15, 0.2) is 0 Å². The van der Waals surface area contributed by atoms with Gasteiger partial charge in [-0.3, -0.25) is 0 Å². The Labute approximate surface area is 165 Å². The maximum absolute atomic E-state index is 5.42. The second-order valence-corrected chi connectivity index (χ2v) is 7.94. The summed E-state index contributed by atoms with van der Waals surface area (Å²) < 4.78 is 0. The Morgan fingerprint density at radius 2 is 0.962 bits per heavy atom. The van der Waals surface area contributed by atoms with Crippen LogP contribution in [0.5, 0.6) is 0 Å². The van der Waals surface area contributed by atoms with E-state index in [2.05, 4.69) is 24.5 Å². The smallest absolute Gasteiger partial charge is 0.0264 e. The lowest BCUT2D eigenvalue weighted by atomic mass is 10.0. The topological polar surface area (TPSA) is 38.0 Å². The number of unbranched alkanes of at least 4 members (excludes halogenated alkanes) is 18. The first-order chi connectivity index (χ1) is 12.9. The molecule has 0 aromatic heterocycles. The van der Waals surface area contributed by atoms with Crippen LogP contribution in [0.25, 0.3) is 0 Å². The Balaban J connectivity index is 3.00. The van der Waals surface area contributed by atoms with E-state index in [-0.39, 0.29) is 0 Å². The first-order valence-corrected chi connectivity index (χ1v) is 12.0. The average Bonchev–Trinajstić information content (AvgIpc) is 2.66. The molecule has 26 heavy (non-hydrogen) atoms. The largest absolute Gasteiger partial charge is 0.390 e. The molecule has 2 heteroatoms. The van der Waals surface area contributed by atoms with Crippen LogP contribution in [0.1, 0.15) is 129 Å². The van der Waals surface area contributed by atoms with E-state index >= 15 is 0 Å². The SMILES string of the molecule is CCCCCCCCCCCCCCCCCCCCC=CNCCN. The molecule has 0 amide bonds. The van der Waals surface area contributed by atoms with E-state index < -0.39 is 0 Å². The fraction of sp³-hybridized carbons (Fsp3) is 0.917. The molecule has 2 nitrogen and oxygen atoms in total. The van der Waals surface area contributed by atoms with Crippen molar-refractivity contribution in [3.05, 3.63) is 12.3 Å². The third-order valence-corrected chi connectivity index (χ3v) is 5.25. The highest BCUT2D eigenvalue weighted by atomic mass is 14.8. The molecular weight excluding hydrogens is 316 g/mol. The second-order valence-electron chi connectivity index (χ2n) is 7.94. The van der Waals surface area contributed by atoms with Crippen molar-refractivity contribution in [2.45, 2.75) is 129 Å². The highest BCUT2D eigenvalue weighted by Gasteiger charge is 1.94. The van der Waals surface area contributed by atoms with Crippen molar-refractivity contribution >= 4 is 0 Å². The third-order valence-electron chi connectivity index (χ3n) is 5.25. The van der Waals surface area contributed by atoms with Crippen LogP contribution in [0.3, 0.4) is 0 Å². The van der Waals surface area contributed by atoms with Crippen molar-refractivity contribution < 1.29 is 0 Å². The molecule has 3 N–H and O–H groups in total. The summed E-state index contributed by atoms with van der Waals surface area (Å²) in [6, 6.07) is 0. The Morgan fingerprint density at radius 1 is 0.577 bits per heavy atom. The zero-order valence-corrected chi connectivity index (χ0v) is 18.1. The molecule has 0 spiro atoms. The predicted octanol–water partition coefficient (Wildman–Crippen LogP) is 7.48. The molecule has 0 saturated carbocycles. The minimum atomic E-state index is 0.712. The van der Waals surface area contributed by atoms with E-state index in [1.807, 2.05) is 0 Å². The molecule has 0 aromatic rings. The monoisotopic (exact) mass is 366 g/mol. The summed E-state index contributed by atoms with van der Waals surface area (Å²) in [5.41, 5.74) is 5.42. The lowest BCUT2D eigenvalue weighted by Crippen LogP contribution is -2.16. The highest BCUT2D eigenvalue weighted by molar-refractivity contribution is 4.79. The molecule has 0 unspecified atom stereocenters. The van der Waals surface area contributed by atoms with Crippen LogP contribution in [-0.2, 0) is 0 Å². The van der Waals surface area contributed by atoms with Crippen LogP contribution in [0.2, 0.25) is 0 Å². The van der Waals surface area contributed by atoms with Gasteiger partial charge in [0.1, 0.15) is 0 Å². The summed E-state index contributed by atoms with van der Waals surface area (Å²) in [5.74, 6) is 0. The van der Waals surface area contributed by atoms with Crippen molar-refractivity contribution in [2.75, 3.05) is 13.1 Å². The minimum absolute atomic E-state index is 0.712. The van der Waals surface area contributed by atoms with Gasteiger partial charge < -0.3 is 11.1 Å². The summed E-state index contributed by atoms with van der Waals surface area (Å²) in [6.45, 7) is 3.89. The van der Waals surface area contributed by atoms with Gasteiger partial charge in [-0.25, -0.2) is 0 Å². The number of hydrogen-bond acceptors (Lipinski definition) is 2. The Kier molecular flexibility index (Phi) is 24.0. The van der Waals surface area contributed by atoms with Crippen LogP contribution < -0.4 is 11.1 Å². The number of nitrogens with one attached hydrogen (secondary N) is 1. The summed E-state index contributed by atoms with van der Waals surface area (Å²) in [4.78, 5) is 0. The number of rotatable bonds is 22. The Morgan fingerprint density at radius 3 is 1.35 bits per heavy atom. The van der Waals surface area contributed by atoms with Crippen molar-refractivity contribution in [1.82, 2.24) is 5.32 Å². The Hall–Kier alpha value is -0.500. The maximum Gasteiger partial charge on any atom is 0.0264 e. The second kappa shape index (κ2) is 24.5. The normalized spacial score (nSPS) is 11.5. The van der Waals surface area contributed by atoms with E-state index in [1.54, 1.807) is 0 Å². The van der Waals surface area contributed by atoms with Crippen molar-refractivity contribution in [1.29, 1.82) is 0 Å². The predicted molar refractivity (Wildman–Crippen MR) is 120 cm³/mol. The average molecular weight is 367 g/mol. The van der Waals surface area contributed by atoms with Crippen LogP contribution in [0, 0.1) is 0 Å². The van der Waals surface area contributed by atoms with Crippen LogP contribution in [0.15, 0.2) is 12.3 Å². The maximum atomic E-state index is 5.42. The quantitative estimate of drug-likeness (QED) is 0.195. The standard InChI is InChI=1S/C24H50N2/c1-2-3-4-5-6-7-8-9-10-11-12-13-14-15-16-17-18-19-20-21-23-26-24-22-25/h21,23,26H,2-20,22,24-25H2,1H3. The fourth-order valence-electron chi connectivity index (χ4n) is 3.50. The number of hydrogen-bond donors (Lipinski definition) is 2. The summed E-state index contributed by atoms with van der Waals surface area (Å²) in [7, 11) is 0. The van der Waals surface area contributed by atoms with Gasteiger partial charge in [0, 0.05) is 13.1 Å². The molecule has 0 rings (SSSR count). The van der Waals surface area contributed by atoms with E-state index in [1.165, 1.54) is 122 Å². The summed E-state index contributed by atoms with van der Waals surface area (Å²) in [5, 5.41) is 3.19. The molecule has 156 valence electrons. The van der Waals surface area contributed by atoms with E-state index in [0.717, 1.165) is 6.54 Å². The third kappa shape index (κ3) is 23.5. The van der Waals surface area contributed by atoms with Gasteiger partial charge in [-0.1, -0.05) is 122 Å². The number of allylic oxidation sites excluding steroid dienone is 1. The van der Waals surface area contributed by atoms with E-state index in [0.29, 0.717) is 6.54 Å². The lowest BCUT2D eigenvalue weighted by molar-refractivity contribution is 0.525. The molecule has 0 radical (unpaired) electrons. The van der Waals surface area contributed by atoms with Gasteiger partial charge in [0.2, 0.25) is 0 Å². The van der Waals surface area contributed by atoms with Gasteiger partial charge in [-0.15, -0.1) is 0 Å². The van der Waals surface area contributed by atoms with Crippen LogP contribution >= 0.6 is 0 Å². The molecule has 0 fully saturated rings. The molecule has 0 aliphatic heterocycles. The molecule has 0 bridgehead atoms. The summed E-state index contributed by atoms with van der Waals surface area (Å²) in [6.07, 6.45) is 31.5. The summed E-state index contributed by atoms with van der Waals surface area (Å²) >= 11 is 0. The van der Waals surface area contributed by atoms with Gasteiger partial charge in [-0.05, 0) is 19.0 Å². The molecule has 0 saturated heterocycles. The molecule has 0 aliphatic rings. The van der Waals surface area contributed by atoms with Crippen LogP contribution in [-0.4, -0.2) is 13.1 Å². The zero-order valence-electron chi connectivity index (χ0n) is 18.1. The molecule has 0 aromatic carbocycles. The van der Waals surface area contributed by atoms with Crippen molar-refractivity contribution in [2.24, 2.45) is 5.73 Å². The van der Waals surface area contributed by atoms with E-state index in [4.69, 9.17) is 5.73 Å². The van der Waals surface area contributed by atoms with Gasteiger partial charge >= 0.3 is 0 Å². The van der Waals surface area contributed by atoms with Crippen molar-refractivity contribution in [3.8, 4) is 0 Å². The molecule has 0 atom stereocenters. The highest BCUT2D eigenvalue weighted by Crippen LogP contribution is 2.14. The molecular formula is C24H50N2. The first-order valence-electron chi connectivity index (χ1n) is 12.0. The lowest BCUT2D eigenvalue weighted by Gasteiger charge is -2.03. The first kappa shape index (κ1) is 25.5. The zero-order chi connectivity index (χ0) is 19.0. The van der Waals surface area contributed by atoms with Gasteiger partial charge in [0.05, 0.1) is 0 Å².